The molecule has 0 radical (unpaired) electrons. The van der Waals surface area contributed by atoms with Gasteiger partial charge in [0.25, 0.3) is 0 Å². The number of hydrogen-bond donors (Lipinski definition) is 1. The average molecular weight is 326 g/mol. The Morgan fingerprint density at radius 2 is 2.08 bits per heavy atom. The Kier molecular flexibility index (Phi) is 5.64. The van der Waals surface area contributed by atoms with Crippen LogP contribution in [-0.2, 0) is 24.3 Å². The fourth-order valence-electron chi connectivity index (χ4n) is 3.17. The van der Waals surface area contributed by atoms with Crippen LogP contribution in [0.5, 0.6) is 0 Å². The lowest BCUT2D eigenvalue weighted by Gasteiger charge is -2.28. The van der Waals surface area contributed by atoms with Crippen LogP contribution < -0.4 is 5.32 Å². The van der Waals surface area contributed by atoms with Crippen molar-refractivity contribution in [3.63, 3.8) is 0 Å². The van der Waals surface area contributed by atoms with E-state index in [-0.39, 0.29) is 5.91 Å². The molecule has 1 aliphatic rings. The van der Waals surface area contributed by atoms with Crippen LogP contribution in [0.2, 0.25) is 0 Å². The normalized spacial score (nSPS) is 14.4. The van der Waals surface area contributed by atoms with Gasteiger partial charge in [0.1, 0.15) is 0 Å². The summed E-state index contributed by atoms with van der Waals surface area (Å²) in [5.74, 6) is 0.104. The predicted octanol–water partition coefficient (Wildman–Crippen LogP) is 2.15. The van der Waals surface area contributed by atoms with Gasteiger partial charge < -0.3 is 5.32 Å². The Morgan fingerprint density at radius 1 is 1.25 bits per heavy atom. The number of aryl methyl sites for hydroxylation is 2. The van der Waals surface area contributed by atoms with Gasteiger partial charge in [0.05, 0.1) is 6.20 Å². The zero-order chi connectivity index (χ0) is 16.8. The number of hydrogen-bond acceptors (Lipinski definition) is 3. The highest BCUT2D eigenvalue weighted by Crippen LogP contribution is 2.18. The fourth-order valence-corrected chi connectivity index (χ4v) is 3.17. The first-order valence-corrected chi connectivity index (χ1v) is 8.75. The van der Waals surface area contributed by atoms with Crippen LogP contribution >= 0.6 is 0 Å². The second kappa shape index (κ2) is 8.11. The molecule has 1 aromatic carbocycles. The molecule has 0 saturated heterocycles. The van der Waals surface area contributed by atoms with E-state index in [1.54, 1.807) is 0 Å². The van der Waals surface area contributed by atoms with Gasteiger partial charge in [-0.25, -0.2) is 0 Å². The van der Waals surface area contributed by atoms with E-state index in [0.717, 1.165) is 44.6 Å². The van der Waals surface area contributed by atoms with E-state index in [4.69, 9.17) is 0 Å². The lowest BCUT2D eigenvalue weighted by molar-refractivity contribution is -0.121. The van der Waals surface area contributed by atoms with Crippen molar-refractivity contribution in [2.24, 2.45) is 0 Å². The third kappa shape index (κ3) is 4.68. The van der Waals surface area contributed by atoms with Gasteiger partial charge in [0, 0.05) is 45.3 Å². The average Bonchev–Trinajstić information content (AvgIpc) is 3.02. The molecule has 0 bridgehead atoms. The molecule has 2 aromatic rings. The van der Waals surface area contributed by atoms with E-state index in [1.165, 1.54) is 11.1 Å². The van der Waals surface area contributed by atoms with E-state index >= 15 is 0 Å². The second-order valence-corrected chi connectivity index (χ2v) is 6.53. The third-order valence-electron chi connectivity index (χ3n) is 4.51. The molecule has 1 N–H and O–H groups in total. The molecule has 0 saturated carbocycles. The molecule has 0 fully saturated rings. The fraction of sp³-hybridized carbons (Fsp3) is 0.474. The van der Waals surface area contributed by atoms with Crippen LogP contribution in [0.3, 0.4) is 0 Å². The summed E-state index contributed by atoms with van der Waals surface area (Å²) in [6.45, 7) is 6.57. The van der Waals surface area contributed by atoms with Crippen molar-refractivity contribution in [3.05, 3.63) is 53.3 Å². The molecule has 1 amide bonds. The maximum absolute atomic E-state index is 11.9. The molecule has 0 atom stereocenters. The molecule has 5 heteroatoms. The van der Waals surface area contributed by atoms with Crippen LogP contribution in [-0.4, -0.2) is 40.2 Å². The molecule has 1 aromatic heterocycles. The van der Waals surface area contributed by atoms with E-state index in [1.807, 2.05) is 24.0 Å². The van der Waals surface area contributed by atoms with Crippen LogP contribution in [0.1, 0.15) is 29.5 Å². The van der Waals surface area contributed by atoms with E-state index in [0.29, 0.717) is 13.0 Å². The zero-order valence-electron chi connectivity index (χ0n) is 14.4. The Hall–Kier alpha value is -2.14. The summed E-state index contributed by atoms with van der Waals surface area (Å²) in [6.07, 6.45) is 6.38. The standard InChI is InChI=1S/C19H26N4O/c1-16-13-21-23(14-16)12-8-19(24)20-9-4-10-22-11-7-17-5-2-3-6-18(17)15-22/h2-3,5-6,13-14H,4,7-12,15H2,1H3,(H,20,24). The van der Waals surface area contributed by atoms with Crippen molar-refractivity contribution < 1.29 is 4.79 Å². The first kappa shape index (κ1) is 16.7. The lowest BCUT2D eigenvalue weighted by Crippen LogP contribution is -2.33. The van der Waals surface area contributed by atoms with Crippen LogP contribution in [0.25, 0.3) is 0 Å². The first-order chi connectivity index (χ1) is 11.7. The number of nitrogens with one attached hydrogen (secondary N) is 1. The van der Waals surface area contributed by atoms with Crippen LogP contribution in [0, 0.1) is 6.92 Å². The largest absolute Gasteiger partial charge is 0.356 e. The van der Waals surface area contributed by atoms with Crippen molar-refractivity contribution in [3.8, 4) is 0 Å². The Bertz CT molecular complexity index is 680. The highest BCUT2D eigenvalue weighted by Gasteiger charge is 2.14. The number of rotatable bonds is 7. The van der Waals surface area contributed by atoms with Gasteiger partial charge in [-0.3, -0.25) is 14.4 Å². The Labute approximate surface area is 143 Å². The highest BCUT2D eigenvalue weighted by atomic mass is 16.1. The zero-order valence-corrected chi connectivity index (χ0v) is 14.4. The van der Waals surface area contributed by atoms with E-state index in [2.05, 4.69) is 39.6 Å². The number of nitrogens with zero attached hydrogens (tertiary/aromatic N) is 3. The molecule has 3 rings (SSSR count). The van der Waals surface area contributed by atoms with Crippen molar-refractivity contribution >= 4 is 5.91 Å². The molecular formula is C19H26N4O. The summed E-state index contributed by atoms with van der Waals surface area (Å²) >= 11 is 0. The van der Waals surface area contributed by atoms with Gasteiger partial charge in [-0.1, -0.05) is 24.3 Å². The summed E-state index contributed by atoms with van der Waals surface area (Å²) in [4.78, 5) is 14.3. The SMILES string of the molecule is Cc1cnn(CCC(=O)NCCCN2CCc3ccccc3C2)c1. The number of fused-ring (bicyclic) bond motifs is 1. The highest BCUT2D eigenvalue weighted by molar-refractivity contribution is 5.75. The van der Waals surface area contributed by atoms with Crippen molar-refractivity contribution in [2.75, 3.05) is 19.6 Å². The summed E-state index contributed by atoms with van der Waals surface area (Å²) in [5, 5.41) is 7.21. The summed E-state index contributed by atoms with van der Waals surface area (Å²) in [6, 6.07) is 8.69. The summed E-state index contributed by atoms with van der Waals surface area (Å²) in [7, 11) is 0. The minimum absolute atomic E-state index is 0.104. The van der Waals surface area contributed by atoms with Gasteiger partial charge in [-0.2, -0.15) is 5.10 Å². The predicted molar refractivity (Wildman–Crippen MR) is 94.6 cm³/mol. The second-order valence-electron chi connectivity index (χ2n) is 6.53. The van der Waals surface area contributed by atoms with Crippen LogP contribution in [0.4, 0.5) is 0 Å². The number of benzene rings is 1. The maximum Gasteiger partial charge on any atom is 0.221 e. The molecule has 128 valence electrons. The quantitative estimate of drug-likeness (QED) is 0.793. The first-order valence-electron chi connectivity index (χ1n) is 8.75. The summed E-state index contributed by atoms with van der Waals surface area (Å²) in [5.41, 5.74) is 4.05. The molecule has 0 aliphatic carbocycles. The smallest absolute Gasteiger partial charge is 0.221 e. The number of aromatic nitrogens is 2. The van der Waals surface area contributed by atoms with Gasteiger partial charge in [-0.05, 0) is 36.5 Å². The molecule has 0 spiro atoms. The number of amides is 1. The van der Waals surface area contributed by atoms with Gasteiger partial charge in [-0.15, -0.1) is 0 Å². The number of carbonyl (C=O) groups is 1. The lowest BCUT2D eigenvalue weighted by atomic mass is 10.00. The molecule has 0 unspecified atom stereocenters. The molecular weight excluding hydrogens is 300 g/mol. The third-order valence-corrected chi connectivity index (χ3v) is 4.51. The monoisotopic (exact) mass is 326 g/mol. The Balaban J connectivity index is 1.30. The minimum atomic E-state index is 0.104. The van der Waals surface area contributed by atoms with E-state index < -0.39 is 0 Å². The topological polar surface area (TPSA) is 50.2 Å². The minimum Gasteiger partial charge on any atom is -0.356 e. The van der Waals surface area contributed by atoms with Crippen molar-refractivity contribution in [1.29, 1.82) is 0 Å². The molecule has 1 aliphatic heterocycles. The maximum atomic E-state index is 11.9. The molecule has 24 heavy (non-hydrogen) atoms. The van der Waals surface area contributed by atoms with Gasteiger partial charge >= 0.3 is 0 Å². The van der Waals surface area contributed by atoms with Crippen molar-refractivity contribution in [1.82, 2.24) is 20.0 Å². The van der Waals surface area contributed by atoms with Gasteiger partial charge in [0.2, 0.25) is 5.91 Å². The Morgan fingerprint density at radius 3 is 2.88 bits per heavy atom. The van der Waals surface area contributed by atoms with Crippen molar-refractivity contribution in [2.45, 2.75) is 39.3 Å². The number of carbonyl (C=O) groups excluding carboxylic acids is 1. The van der Waals surface area contributed by atoms with E-state index in [9.17, 15) is 4.79 Å². The summed E-state index contributed by atoms with van der Waals surface area (Å²) < 4.78 is 1.82. The molecule has 2 heterocycles. The van der Waals surface area contributed by atoms with Crippen LogP contribution in [0.15, 0.2) is 36.7 Å². The molecule has 5 nitrogen and oxygen atoms in total. The van der Waals surface area contributed by atoms with Gasteiger partial charge in [0.15, 0.2) is 0 Å².